The Morgan fingerprint density at radius 1 is 0.151 bits per heavy atom. The molecule has 0 unspecified atom stereocenters. The molecule has 0 radical (unpaired) electrons. The lowest BCUT2D eigenvalue weighted by atomic mass is 9.81. The SMILES string of the molecule is CC(C)(C)c1ccc2c(-c3ccccc3)c3ccccc3c(-c3ccc4oc5cc6ccccc6cc5c4c3)c2c1.Cc1ccc2c(-c3ccccc3)c3ccccc3c(-c3ccc4oc5cc6ccccc6cc5c4c3)c2c1.c1ccc(-c2c3ccccc3c(-c3ccc4oc5cc6ccccc6cc5c4c3)c3cc(-c4ccc5ccccc5c4)ccc23)cc1. The Morgan fingerprint density at radius 2 is 0.405 bits per heavy atom. The smallest absolute Gasteiger partial charge is 0.136 e. The van der Waals surface area contributed by atoms with Crippen molar-refractivity contribution in [2.45, 2.75) is 33.1 Å². The maximum Gasteiger partial charge on any atom is 0.136 e. The Morgan fingerprint density at radius 3 is 0.778 bits per heavy atom. The summed E-state index contributed by atoms with van der Waals surface area (Å²) in [5, 5.41) is 31.8. The summed E-state index contributed by atoms with van der Waals surface area (Å²) in [5.41, 5.74) is 25.6. The molecule has 592 valence electrons. The summed E-state index contributed by atoms with van der Waals surface area (Å²) in [4.78, 5) is 0. The van der Waals surface area contributed by atoms with Gasteiger partial charge in [-0.25, -0.2) is 0 Å². The zero-order valence-corrected chi connectivity index (χ0v) is 70.1. The van der Waals surface area contributed by atoms with Gasteiger partial charge in [0.1, 0.15) is 33.5 Å². The van der Waals surface area contributed by atoms with E-state index in [1.54, 1.807) is 0 Å². The van der Waals surface area contributed by atoms with Crippen molar-refractivity contribution in [3.63, 3.8) is 0 Å². The highest BCUT2D eigenvalue weighted by atomic mass is 16.3. The molecule has 126 heavy (non-hydrogen) atoms. The van der Waals surface area contributed by atoms with Gasteiger partial charge in [-0.2, -0.15) is 0 Å². The van der Waals surface area contributed by atoms with Gasteiger partial charge in [0.05, 0.1) is 0 Å². The molecule has 0 aliphatic heterocycles. The fraction of sp³-hybridized carbons (Fsp3) is 0.0407. The van der Waals surface area contributed by atoms with E-state index in [0.717, 1.165) is 65.8 Å². The Hall–Kier alpha value is -15.9. The fourth-order valence-electron chi connectivity index (χ4n) is 20.2. The van der Waals surface area contributed by atoms with E-state index in [4.69, 9.17) is 13.3 Å². The van der Waals surface area contributed by atoms with Crippen molar-refractivity contribution >= 4 is 174 Å². The van der Waals surface area contributed by atoms with Gasteiger partial charge in [-0.15, -0.1) is 0 Å². The number of rotatable bonds is 7. The molecule has 3 aromatic heterocycles. The van der Waals surface area contributed by atoms with E-state index in [-0.39, 0.29) is 5.41 Å². The van der Waals surface area contributed by atoms with Crippen LogP contribution < -0.4 is 0 Å². The van der Waals surface area contributed by atoms with Gasteiger partial charge >= 0.3 is 0 Å². The van der Waals surface area contributed by atoms with Crippen LogP contribution >= 0.6 is 0 Å². The van der Waals surface area contributed by atoms with Crippen molar-refractivity contribution < 1.29 is 13.3 Å². The second kappa shape index (κ2) is 29.7. The zero-order valence-electron chi connectivity index (χ0n) is 70.1. The normalized spacial score (nSPS) is 12.0. The molecule has 26 rings (SSSR count). The lowest BCUT2D eigenvalue weighted by molar-refractivity contribution is 0.591. The van der Waals surface area contributed by atoms with Crippen LogP contribution in [0, 0.1) is 6.92 Å². The molecular formula is C123H82O3. The number of hydrogen-bond donors (Lipinski definition) is 0. The van der Waals surface area contributed by atoms with Crippen molar-refractivity contribution in [2.24, 2.45) is 0 Å². The van der Waals surface area contributed by atoms with Crippen LogP contribution in [0.5, 0.6) is 0 Å². The highest BCUT2D eigenvalue weighted by Crippen LogP contribution is 2.51. The molecule has 0 saturated heterocycles. The number of furan rings is 3. The van der Waals surface area contributed by atoms with Crippen LogP contribution in [-0.4, -0.2) is 0 Å². The third kappa shape index (κ3) is 12.6. The number of benzene rings is 23. The number of fused-ring (bicyclic) bond motifs is 19. The van der Waals surface area contributed by atoms with Crippen molar-refractivity contribution in [1.82, 2.24) is 0 Å². The highest BCUT2D eigenvalue weighted by Gasteiger charge is 2.25. The average molecular weight is 1610 g/mol. The molecular weight excluding hydrogens is 1530 g/mol. The lowest BCUT2D eigenvalue weighted by Gasteiger charge is -2.23. The second-order valence-electron chi connectivity index (χ2n) is 34.9. The molecule has 0 fully saturated rings. The molecule has 3 nitrogen and oxygen atoms in total. The molecule has 0 aliphatic carbocycles. The Kier molecular flexibility index (Phi) is 17.4. The molecule has 0 aliphatic rings. The summed E-state index contributed by atoms with van der Waals surface area (Å²) in [5.74, 6) is 0. The van der Waals surface area contributed by atoms with E-state index in [1.165, 1.54) is 197 Å². The second-order valence-corrected chi connectivity index (χ2v) is 34.9. The first kappa shape index (κ1) is 73.9. The van der Waals surface area contributed by atoms with Crippen LogP contribution in [0.15, 0.2) is 438 Å². The molecule has 0 N–H and O–H groups in total. The fourth-order valence-corrected chi connectivity index (χ4v) is 20.2. The van der Waals surface area contributed by atoms with Crippen molar-refractivity contribution in [2.75, 3.05) is 0 Å². The Balaban J connectivity index is 0.000000106. The quantitative estimate of drug-likeness (QED) is 0.149. The maximum absolute atomic E-state index is 6.42. The largest absolute Gasteiger partial charge is 0.456 e. The molecule has 0 saturated carbocycles. The van der Waals surface area contributed by atoms with Gasteiger partial charge in [0.25, 0.3) is 0 Å². The number of aryl methyl sites for hydroxylation is 1. The van der Waals surface area contributed by atoms with Gasteiger partial charge in [0.15, 0.2) is 0 Å². The molecule has 0 atom stereocenters. The summed E-state index contributed by atoms with van der Waals surface area (Å²) in [6, 6.07) is 154. The third-order valence-corrected chi connectivity index (χ3v) is 26.2. The molecule has 26 aromatic rings. The summed E-state index contributed by atoms with van der Waals surface area (Å²) in [6.07, 6.45) is 0. The van der Waals surface area contributed by atoms with Crippen molar-refractivity contribution in [1.29, 1.82) is 0 Å². The van der Waals surface area contributed by atoms with Crippen LogP contribution in [-0.2, 0) is 5.41 Å². The molecule has 23 aromatic carbocycles. The van der Waals surface area contributed by atoms with Crippen molar-refractivity contribution in [3.8, 4) is 77.9 Å². The van der Waals surface area contributed by atoms with Crippen LogP contribution in [0.2, 0.25) is 0 Å². The van der Waals surface area contributed by atoms with E-state index in [2.05, 4.69) is 452 Å². The number of hydrogen-bond acceptors (Lipinski definition) is 3. The van der Waals surface area contributed by atoms with E-state index >= 15 is 0 Å². The van der Waals surface area contributed by atoms with Crippen LogP contribution in [0.4, 0.5) is 0 Å². The third-order valence-electron chi connectivity index (χ3n) is 26.2. The van der Waals surface area contributed by atoms with E-state index in [0.29, 0.717) is 0 Å². The standard InChI is InChI=1S/C46H28O.C40H30O.C37H24O/c1-2-11-30(12-3-1)45-37-16-8-9-17-38(37)46(42-26-35(20-22-39(42)45)34-19-18-29-10-4-5-13-31(29)24-34)36-21-23-43-40(27-36)41-25-32-14-6-7-15-33(32)28-44(41)47-43;1-40(2,3)29-18-19-32-35(24-29)39(31-16-10-9-15-30(31)38(32)25-11-5-4-6-12-25)28-17-20-36-33(22-28)34-21-26-13-7-8-14-27(26)23-37(34)41-36;1-23-15-17-30-33(19-23)37(29-14-8-7-13-28(29)36(30)24-9-3-2-4-10-24)27-16-18-34-31(21-27)32-20-25-11-5-6-12-26(25)22-35(32)38-34/h1-28H;4-24H,1-3H3;2-22H,1H3. The zero-order chi connectivity index (χ0) is 83.8. The summed E-state index contributed by atoms with van der Waals surface area (Å²) in [7, 11) is 0. The average Bonchev–Trinajstić information content (AvgIpc) is 0.849. The van der Waals surface area contributed by atoms with Gasteiger partial charge in [-0.3, -0.25) is 0 Å². The topological polar surface area (TPSA) is 39.4 Å². The van der Waals surface area contributed by atoms with Gasteiger partial charge in [-0.05, 0) is 295 Å². The predicted molar refractivity (Wildman–Crippen MR) is 538 cm³/mol. The van der Waals surface area contributed by atoms with E-state index < -0.39 is 0 Å². The Labute approximate surface area is 728 Å². The van der Waals surface area contributed by atoms with Gasteiger partial charge in [-0.1, -0.05) is 360 Å². The van der Waals surface area contributed by atoms with E-state index in [9.17, 15) is 0 Å². The molecule has 0 spiro atoms. The summed E-state index contributed by atoms with van der Waals surface area (Å²) in [6.45, 7) is 9.06. The maximum atomic E-state index is 6.42. The summed E-state index contributed by atoms with van der Waals surface area (Å²) >= 11 is 0. The predicted octanol–water partition coefficient (Wildman–Crippen LogP) is 35.6. The minimum Gasteiger partial charge on any atom is -0.456 e. The van der Waals surface area contributed by atoms with Crippen LogP contribution in [0.25, 0.3) is 251 Å². The summed E-state index contributed by atoms with van der Waals surface area (Å²) < 4.78 is 19.1. The van der Waals surface area contributed by atoms with Crippen molar-refractivity contribution in [3.05, 3.63) is 436 Å². The monoisotopic (exact) mass is 1610 g/mol. The lowest BCUT2D eigenvalue weighted by Crippen LogP contribution is -2.10. The first-order valence-electron chi connectivity index (χ1n) is 43.6. The molecule has 3 heteroatoms. The molecule has 0 amide bonds. The molecule has 3 heterocycles. The van der Waals surface area contributed by atoms with Gasteiger partial charge < -0.3 is 13.3 Å². The first-order valence-corrected chi connectivity index (χ1v) is 43.6. The Bertz CT molecular complexity index is 8940. The molecule has 0 bridgehead atoms. The minimum atomic E-state index is 0.0375. The first-order chi connectivity index (χ1) is 62.0. The van der Waals surface area contributed by atoms with Gasteiger partial charge in [0.2, 0.25) is 0 Å². The highest BCUT2D eigenvalue weighted by molar-refractivity contribution is 6.27. The van der Waals surface area contributed by atoms with Crippen LogP contribution in [0.1, 0.15) is 31.9 Å². The van der Waals surface area contributed by atoms with E-state index in [1.807, 2.05) is 0 Å². The minimum absolute atomic E-state index is 0.0375. The van der Waals surface area contributed by atoms with Gasteiger partial charge in [0, 0.05) is 32.3 Å². The van der Waals surface area contributed by atoms with Crippen LogP contribution in [0.3, 0.4) is 0 Å².